The molecular formula is C11H16N2O3. The summed E-state index contributed by atoms with van der Waals surface area (Å²) in [5.41, 5.74) is 0.660. The summed E-state index contributed by atoms with van der Waals surface area (Å²) >= 11 is 0. The molecule has 0 saturated heterocycles. The van der Waals surface area contributed by atoms with Crippen molar-refractivity contribution < 1.29 is 15.0 Å². The van der Waals surface area contributed by atoms with Gasteiger partial charge in [-0.1, -0.05) is 6.92 Å². The Bertz CT molecular complexity index is 375. The molecule has 1 atom stereocenters. The van der Waals surface area contributed by atoms with Gasteiger partial charge in [-0.15, -0.1) is 0 Å². The predicted molar refractivity (Wildman–Crippen MR) is 60.7 cm³/mol. The molecule has 0 aliphatic heterocycles. The quantitative estimate of drug-likeness (QED) is 0.701. The van der Waals surface area contributed by atoms with E-state index in [1.165, 1.54) is 6.07 Å². The fraction of sp³-hybridized carbons (Fsp3) is 0.455. The molecule has 3 N–H and O–H groups in total. The van der Waals surface area contributed by atoms with Crippen LogP contribution >= 0.6 is 0 Å². The number of anilines is 1. The minimum Gasteiger partial charge on any atom is -0.478 e. The van der Waals surface area contributed by atoms with Gasteiger partial charge in [0.1, 0.15) is 5.82 Å². The van der Waals surface area contributed by atoms with Crippen molar-refractivity contribution in [1.82, 2.24) is 4.98 Å². The van der Waals surface area contributed by atoms with Gasteiger partial charge in [0.25, 0.3) is 0 Å². The third-order valence-electron chi connectivity index (χ3n) is 2.38. The lowest BCUT2D eigenvalue weighted by molar-refractivity contribution is 0.0695. The van der Waals surface area contributed by atoms with E-state index >= 15 is 0 Å². The summed E-state index contributed by atoms with van der Waals surface area (Å²) in [6.45, 7) is 3.62. The largest absolute Gasteiger partial charge is 0.478 e. The van der Waals surface area contributed by atoms with E-state index in [0.717, 1.165) is 6.42 Å². The Labute approximate surface area is 94.1 Å². The van der Waals surface area contributed by atoms with E-state index in [9.17, 15) is 4.79 Å². The van der Waals surface area contributed by atoms with Crippen LogP contribution in [0.15, 0.2) is 12.1 Å². The fourth-order valence-electron chi connectivity index (χ4n) is 1.35. The number of aromatic carboxylic acids is 1. The molecule has 1 aromatic rings. The molecule has 0 spiro atoms. The molecular weight excluding hydrogens is 208 g/mol. The molecule has 5 heteroatoms. The first-order chi connectivity index (χ1) is 7.58. The number of carboxylic acids is 1. The molecule has 1 unspecified atom stereocenters. The highest BCUT2D eigenvalue weighted by Crippen LogP contribution is 2.12. The monoisotopic (exact) mass is 224 g/mol. The van der Waals surface area contributed by atoms with E-state index in [1.807, 2.05) is 6.92 Å². The first-order valence-electron chi connectivity index (χ1n) is 5.16. The van der Waals surface area contributed by atoms with Gasteiger partial charge in [-0.2, -0.15) is 0 Å². The van der Waals surface area contributed by atoms with Crippen molar-refractivity contribution in [3.63, 3.8) is 0 Å². The number of hydrogen-bond donors (Lipinski definition) is 3. The standard InChI is InChI=1S/C11H16N2O3/c1-3-8(6-14)13-10-5-4-9(11(15)16)7(2)12-10/h4-5,8,14H,3,6H2,1-2H3,(H,12,13)(H,15,16). The van der Waals surface area contributed by atoms with E-state index in [1.54, 1.807) is 13.0 Å². The second-order valence-electron chi connectivity index (χ2n) is 3.57. The number of aromatic nitrogens is 1. The summed E-state index contributed by atoms with van der Waals surface area (Å²) in [5.74, 6) is -0.394. The molecule has 1 rings (SSSR count). The minimum absolute atomic E-state index is 0.0257. The van der Waals surface area contributed by atoms with Crippen LogP contribution < -0.4 is 5.32 Å². The van der Waals surface area contributed by atoms with Crippen LogP contribution in [0.2, 0.25) is 0 Å². The van der Waals surface area contributed by atoms with Crippen molar-refractivity contribution >= 4 is 11.8 Å². The average Bonchev–Trinajstić information content (AvgIpc) is 2.25. The summed E-state index contributed by atoms with van der Waals surface area (Å²) in [5, 5.41) is 20.9. The molecule has 5 nitrogen and oxygen atoms in total. The number of nitrogens with one attached hydrogen (secondary N) is 1. The zero-order valence-corrected chi connectivity index (χ0v) is 9.40. The maximum Gasteiger partial charge on any atom is 0.337 e. The Morgan fingerprint density at radius 1 is 1.56 bits per heavy atom. The fourth-order valence-corrected chi connectivity index (χ4v) is 1.35. The molecule has 0 radical (unpaired) electrons. The van der Waals surface area contributed by atoms with E-state index in [-0.39, 0.29) is 18.2 Å². The maximum absolute atomic E-state index is 10.8. The minimum atomic E-state index is -0.981. The summed E-state index contributed by atoms with van der Waals surface area (Å²) in [6.07, 6.45) is 0.776. The van der Waals surface area contributed by atoms with E-state index in [4.69, 9.17) is 10.2 Å². The number of rotatable bonds is 5. The van der Waals surface area contributed by atoms with Gasteiger partial charge < -0.3 is 15.5 Å². The number of aliphatic hydroxyl groups excluding tert-OH is 1. The van der Waals surface area contributed by atoms with E-state index in [2.05, 4.69) is 10.3 Å². The van der Waals surface area contributed by atoms with Gasteiger partial charge in [-0.3, -0.25) is 0 Å². The number of nitrogens with zero attached hydrogens (tertiary/aromatic N) is 1. The normalized spacial score (nSPS) is 12.2. The number of aryl methyl sites for hydroxylation is 1. The van der Waals surface area contributed by atoms with Crippen LogP contribution in [0.3, 0.4) is 0 Å². The number of aliphatic hydroxyl groups is 1. The molecule has 0 aliphatic carbocycles. The molecule has 0 aromatic carbocycles. The molecule has 0 bridgehead atoms. The number of hydrogen-bond acceptors (Lipinski definition) is 4. The average molecular weight is 224 g/mol. The summed E-state index contributed by atoms with van der Waals surface area (Å²) in [4.78, 5) is 14.9. The molecule has 16 heavy (non-hydrogen) atoms. The van der Waals surface area contributed by atoms with Crippen LogP contribution in [0, 0.1) is 6.92 Å². The second-order valence-corrected chi connectivity index (χ2v) is 3.57. The lowest BCUT2D eigenvalue weighted by Crippen LogP contribution is -2.23. The Hall–Kier alpha value is -1.62. The zero-order chi connectivity index (χ0) is 12.1. The summed E-state index contributed by atoms with van der Waals surface area (Å²) in [6, 6.07) is 3.06. The van der Waals surface area contributed by atoms with Crippen molar-refractivity contribution in [2.24, 2.45) is 0 Å². The Morgan fingerprint density at radius 2 is 2.25 bits per heavy atom. The number of pyridine rings is 1. The highest BCUT2D eigenvalue weighted by atomic mass is 16.4. The number of carbonyl (C=O) groups is 1. The van der Waals surface area contributed by atoms with Crippen molar-refractivity contribution in [2.45, 2.75) is 26.3 Å². The molecule has 88 valence electrons. The highest BCUT2D eigenvalue weighted by molar-refractivity contribution is 5.89. The van der Waals surface area contributed by atoms with Crippen LogP contribution in [-0.4, -0.2) is 33.8 Å². The second kappa shape index (κ2) is 5.46. The summed E-state index contributed by atoms with van der Waals surface area (Å²) in [7, 11) is 0. The van der Waals surface area contributed by atoms with Gasteiger partial charge >= 0.3 is 5.97 Å². The van der Waals surface area contributed by atoms with Crippen LogP contribution in [-0.2, 0) is 0 Å². The van der Waals surface area contributed by atoms with E-state index < -0.39 is 5.97 Å². The first kappa shape index (κ1) is 12.4. The molecule has 0 amide bonds. The molecule has 1 aromatic heterocycles. The van der Waals surface area contributed by atoms with Crippen molar-refractivity contribution in [1.29, 1.82) is 0 Å². The molecule has 0 aliphatic rings. The molecule has 0 fully saturated rings. The van der Waals surface area contributed by atoms with Gasteiger partial charge in [0.2, 0.25) is 0 Å². The van der Waals surface area contributed by atoms with Crippen molar-refractivity contribution in [3.05, 3.63) is 23.4 Å². The summed E-state index contributed by atoms with van der Waals surface area (Å²) < 4.78 is 0. The molecule has 0 saturated carbocycles. The van der Waals surface area contributed by atoms with Crippen molar-refractivity contribution in [3.8, 4) is 0 Å². The van der Waals surface area contributed by atoms with E-state index in [0.29, 0.717) is 11.5 Å². The Balaban J connectivity index is 2.84. The SMILES string of the molecule is CCC(CO)Nc1ccc(C(=O)O)c(C)n1. The van der Waals surface area contributed by atoms with Gasteiger partial charge in [0.15, 0.2) is 0 Å². The van der Waals surface area contributed by atoms with Gasteiger partial charge in [-0.25, -0.2) is 9.78 Å². The smallest absolute Gasteiger partial charge is 0.337 e. The third kappa shape index (κ3) is 2.93. The molecule has 1 heterocycles. The first-order valence-corrected chi connectivity index (χ1v) is 5.16. The zero-order valence-electron chi connectivity index (χ0n) is 9.40. The topological polar surface area (TPSA) is 82.5 Å². The predicted octanol–water partition coefficient (Wildman–Crippen LogP) is 1.27. The van der Waals surface area contributed by atoms with Crippen LogP contribution in [0.1, 0.15) is 29.4 Å². The highest BCUT2D eigenvalue weighted by Gasteiger charge is 2.10. The van der Waals surface area contributed by atoms with Gasteiger partial charge in [0.05, 0.1) is 23.9 Å². The lowest BCUT2D eigenvalue weighted by atomic mass is 10.2. The van der Waals surface area contributed by atoms with Crippen molar-refractivity contribution in [2.75, 3.05) is 11.9 Å². The Morgan fingerprint density at radius 3 is 2.69 bits per heavy atom. The third-order valence-corrected chi connectivity index (χ3v) is 2.38. The Kier molecular flexibility index (Phi) is 4.25. The van der Waals surface area contributed by atoms with Crippen LogP contribution in [0.5, 0.6) is 0 Å². The van der Waals surface area contributed by atoms with Crippen LogP contribution in [0.25, 0.3) is 0 Å². The lowest BCUT2D eigenvalue weighted by Gasteiger charge is -2.15. The maximum atomic E-state index is 10.8. The van der Waals surface area contributed by atoms with Gasteiger partial charge in [0, 0.05) is 0 Å². The number of carboxylic acid groups (broad SMARTS) is 1. The van der Waals surface area contributed by atoms with Gasteiger partial charge in [-0.05, 0) is 25.5 Å². The van der Waals surface area contributed by atoms with Crippen LogP contribution in [0.4, 0.5) is 5.82 Å².